The third kappa shape index (κ3) is 4.82. The van der Waals surface area contributed by atoms with Crippen molar-refractivity contribution in [3.63, 3.8) is 0 Å². The van der Waals surface area contributed by atoms with Crippen molar-refractivity contribution >= 4 is 23.2 Å². The highest BCUT2D eigenvalue weighted by Gasteiger charge is 2.31. The SMILES string of the molecule is CCc1sc(C(=O)NNC(=O)c2cnn(-c3ccc(C(F)(F)F)cn3)c2C(C)C)cc1C. The lowest BCUT2D eigenvalue weighted by Crippen LogP contribution is -2.41. The van der Waals surface area contributed by atoms with Gasteiger partial charge in [-0.05, 0) is 43.0 Å². The monoisotopic (exact) mass is 465 g/mol. The number of pyridine rings is 1. The minimum Gasteiger partial charge on any atom is -0.267 e. The highest BCUT2D eigenvalue weighted by molar-refractivity contribution is 7.14. The summed E-state index contributed by atoms with van der Waals surface area (Å²) in [4.78, 5) is 30.5. The van der Waals surface area contributed by atoms with Crippen LogP contribution in [0, 0.1) is 6.92 Å². The molecule has 0 radical (unpaired) electrons. The van der Waals surface area contributed by atoms with Crippen LogP contribution in [0.3, 0.4) is 0 Å². The summed E-state index contributed by atoms with van der Waals surface area (Å²) in [5, 5.41) is 4.13. The highest BCUT2D eigenvalue weighted by Crippen LogP contribution is 2.29. The Morgan fingerprint density at radius 1 is 1.16 bits per heavy atom. The number of halogens is 3. The molecule has 0 saturated heterocycles. The quantitative estimate of drug-likeness (QED) is 0.546. The molecule has 0 aromatic carbocycles. The summed E-state index contributed by atoms with van der Waals surface area (Å²) < 4.78 is 39.7. The number of amides is 2. The Labute approximate surface area is 186 Å². The van der Waals surface area contributed by atoms with Gasteiger partial charge in [0.15, 0.2) is 5.82 Å². The first-order valence-electron chi connectivity index (χ1n) is 9.84. The van der Waals surface area contributed by atoms with Gasteiger partial charge in [0.05, 0.1) is 27.9 Å². The third-order valence-corrected chi connectivity index (χ3v) is 6.13. The maximum atomic E-state index is 12.8. The molecule has 7 nitrogen and oxygen atoms in total. The molecule has 32 heavy (non-hydrogen) atoms. The zero-order chi connectivity index (χ0) is 23.6. The van der Waals surface area contributed by atoms with Crippen LogP contribution in [-0.4, -0.2) is 26.6 Å². The fraction of sp³-hybridized carbons (Fsp3) is 0.333. The Morgan fingerprint density at radius 2 is 1.84 bits per heavy atom. The predicted molar refractivity (Wildman–Crippen MR) is 114 cm³/mol. The summed E-state index contributed by atoms with van der Waals surface area (Å²) in [5.74, 6) is -1.09. The van der Waals surface area contributed by atoms with Gasteiger partial charge in [0.2, 0.25) is 0 Å². The predicted octanol–water partition coefficient (Wildman–Crippen LogP) is 4.42. The lowest BCUT2D eigenvalue weighted by molar-refractivity contribution is -0.137. The van der Waals surface area contributed by atoms with Gasteiger partial charge >= 0.3 is 6.18 Å². The van der Waals surface area contributed by atoms with Gasteiger partial charge in [-0.25, -0.2) is 9.67 Å². The molecule has 11 heteroatoms. The van der Waals surface area contributed by atoms with E-state index in [0.717, 1.165) is 22.9 Å². The number of carbonyl (C=O) groups excluding carboxylic acids is 2. The number of aromatic nitrogens is 3. The van der Waals surface area contributed by atoms with E-state index in [1.165, 1.54) is 28.3 Å². The maximum Gasteiger partial charge on any atom is 0.417 e. The molecule has 0 fully saturated rings. The van der Waals surface area contributed by atoms with Crippen LogP contribution in [0.4, 0.5) is 13.2 Å². The van der Waals surface area contributed by atoms with E-state index < -0.39 is 23.6 Å². The summed E-state index contributed by atoms with van der Waals surface area (Å²) in [5.41, 5.74) is 5.54. The topological polar surface area (TPSA) is 88.9 Å². The first-order valence-corrected chi connectivity index (χ1v) is 10.7. The van der Waals surface area contributed by atoms with Crippen LogP contribution >= 0.6 is 11.3 Å². The third-order valence-electron chi connectivity index (χ3n) is 4.75. The van der Waals surface area contributed by atoms with Crippen molar-refractivity contribution in [2.75, 3.05) is 0 Å². The van der Waals surface area contributed by atoms with Crippen molar-refractivity contribution in [1.29, 1.82) is 0 Å². The zero-order valence-electron chi connectivity index (χ0n) is 17.9. The number of rotatable bonds is 5. The fourth-order valence-electron chi connectivity index (χ4n) is 3.18. The van der Waals surface area contributed by atoms with Crippen LogP contribution in [0.1, 0.15) is 68.4 Å². The molecule has 0 saturated carbocycles. The largest absolute Gasteiger partial charge is 0.417 e. The molecule has 3 rings (SSSR count). The Balaban J connectivity index is 1.80. The van der Waals surface area contributed by atoms with E-state index in [1.54, 1.807) is 6.07 Å². The number of thiophene rings is 1. The van der Waals surface area contributed by atoms with E-state index in [1.807, 2.05) is 27.7 Å². The van der Waals surface area contributed by atoms with E-state index >= 15 is 0 Å². The number of hydrogen-bond acceptors (Lipinski definition) is 5. The first-order chi connectivity index (χ1) is 15.0. The Hall–Kier alpha value is -3.21. The summed E-state index contributed by atoms with van der Waals surface area (Å²) in [6.07, 6.45) is -1.68. The molecule has 0 unspecified atom stereocenters. The lowest BCUT2D eigenvalue weighted by Gasteiger charge is -2.13. The smallest absolute Gasteiger partial charge is 0.267 e. The average molecular weight is 466 g/mol. The fourth-order valence-corrected chi connectivity index (χ4v) is 4.18. The number of alkyl halides is 3. The second kappa shape index (κ2) is 9.11. The van der Waals surface area contributed by atoms with Crippen LogP contribution in [0.25, 0.3) is 5.82 Å². The van der Waals surface area contributed by atoms with Gasteiger partial charge in [0.25, 0.3) is 11.8 Å². The second-order valence-corrected chi connectivity index (χ2v) is 8.53. The van der Waals surface area contributed by atoms with Crippen LogP contribution in [0.15, 0.2) is 30.6 Å². The van der Waals surface area contributed by atoms with Gasteiger partial charge in [-0.1, -0.05) is 20.8 Å². The van der Waals surface area contributed by atoms with Crippen molar-refractivity contribution in [3.05, 3.63) is 62.7 Å². The average Bonchev–Trinajstić information content (AvgIpc) is 3.35. The molecule has 0 atom stereocenters. The maximum absolute atomic E-state index is 12.8. The van der Waals surface area contributed by atoms with Crippen molar-refractivity contribution in [2.45, 2.75) is 46.2 Å². The van der Waals surface area contributed by atoms with Gasteiger partial charge < -0.3 is 0 Å². The number of carbonyl (C=O) groups is 2. The molecule has 0 aliphatic heterocycles. The van der Waals surface area contributed by atoms with E-state index in [9.17, 15) is 22.8 Å². The van der Waals surface area contributed by atoms with Gasteiger partial charge in [0, 0.05) is 11.1 Å². The van der Waals surface area contributed by atoms with Crippen molar-refractivity contribution in [3.8, 4) is 5.82 Å². The summed E-state index contributed by atoms with van der Waals surface area (Å²) >= 11 is 1.36. The molecule has 2 N–H and O–H groups in total. The number of nitrogens with zero attached hydrogens (tertiary/aromatic N) is 3. The molecule has 3 heterocycles. The van der Waals surface area contributed by atoms with Crippen LogP contribution < -0.4 is 10.9 Å². The molecule has 0 spiro atoms. The number of hydrazine groups is 1. The van der Waals surface area contributed by atoms with Crippen LogP contribution in [0.5, 0.6) is 0 Å². The van der Waals surface area contributed by atoms with Crippen molar-refractivity contribution in [2.24, 2.45) is 0 Å². The molecule has 170 valence electrons. The lowest BCUT2D eigenvalue weighted by atomic mass is 10.1. The number of hydrogen-bond donors (Lipinski definition) is 2. The molecular weight excluding hydrogens is 443 g/mol. The molecule has 3 aromatic heterocycles. The first kappa shape index (κ1) is 23.5. The van der Waals surface area contributed by atoms with Gasteiger partial charge in [-0.2, -0.15) is 18.3 Å². The highest BCUT2D eigenvalue weighted by atomic mass is 32.1. The summed E-state index contributed by atoms with van der Waals surface area (Å²) in [7, 11) is 0. The molecular formula is C21H22F3N5O2S. The normalized spacial score (nSPS) is 11.6. The molecule has 2 amide bonds. The van der Waals surface area contributed by atoms with Crippen molar-refractivity contribution < 1.29 is 22.8 Å². The van der Waals surface area contributed by atoms with E-state index in [2.05, 4.69) is 20.9 Å². The molecule has 0 aliphatic carbocycles. The van der Waals surface area contributed by atoms with Gasteiger partial charge in [0.1, 0.15) is 0 Å². The Kier molecular flexibility index (Phi) is 6.68. The van der Waals surface area contributed by atoms with E-state index in [4.69, 9.17) is 0 Å². The number of aryl methyl sites for hydroxylation is 2. The van der Waals surface area contributed by atoms with Gasteiger partial charge in [-0.3, -0.25) is 20.4 Å². The van der Waals surface area contributed by atoms with Crippen molar-refractivity contribution in [1.82, 2.24) is 25.6 Å². The Bertz CT molecular complexity index is 1130. The van der Waals surface area contributed by atoms with Crippen LogP contribution in [-0.2, 0) is 12.6 Å². The second-order valence-electron chi connectivity index (χ2n) is 7.39. The Morgan fingerprint density at radius 3 is 2.38 bits per heavy atom. The number of nitrogens with one attached hydrogen (secondary N) is 2. The minimum absolute atomic E-state index is 0.144. The van der Waals surface area contributed by atoms with E-state index in [-0.39, 0.29) is 17.3 Å². The minimum atomic E-state index is -4.50. The molecule has 3 aromatic rings. The zero-order valence-corrected chi connectivity index (χ0v) is 18.7. The summed E-state index contributed by atoms with van der Waals surface area (Å²) in [6.45, 7) is 7.55. The standard InChI is InChI=1S/C21H22F3N5O2S/c1-5-15-12(4)8-16(32-15)20(31)28-27-19(30)14-10-26-29(18(14)11(2)3)17-7-6-13(9-25-17)21(22,23)24/h6-11H,5H2,1-4H3,(H,27,30)(H,28,31). The van der Waals surface area contributed by atoms with Crippen LogP contribution in [0.2, 0.25) is 0 Å². The van der Waals surface area contributed by atoms with Gasteiger partial charge in [-0.15, -0.1) is 11.3 Å². The molecule has 0 bridgehead atoms. The molecule has 0 aliphatic rings. The summed E-state index contributed by atoms with van der Waals surface area (Å²) in [6, 6.07) is 3.86. The van der Waals surface area contributed by atoms with E-state index in [0.29, 0.717) is 16.8 Å².